The highest BCUT2D eigenvalue weighted by Crippen LogP contribution is 2.27. The van der Waals surface area contributed by atoms with Crippen molar-refractivity contribution in [3.63, 3.8) is 0 Å². The molecule has 8 heteroatoms. The largest absolute Gasteiger partial charge is 0.444 e. The summed E-state index contributed by atoms with van der Waals surface area (Å²) in [5.41, 5.74) is 1.82. The molecule has 0 N–H and O–H groups in total. The normalized spacial score (nSPS) is 11.1. The zero-order valence-corrected chi connectivity index (χ0v) is 15.1. The molecular formula is C19H14F2N4OS. The Morgan fingerprint density at radius 3 is 2.59 bits per heavy atom. The lowest BCUT2D eigenvalue weighted by atomic mass is 10.2. The third-order valence-electron chi connectivity index (χ3n) is 3.94. The number of benzene rings is 2. The third-order valence-corrected chi connectivity index (χ3v) is 5.00. The van der Waals surface area contributed by atoms with E-state index in [0.717, 1.165) is 5.69 Å². The van der Waals surface area contributed by atoms with Gasteiger partial charge >= 0.3 is 0 Å². The monoisotopic (exact) mass is 384 g/mol. The van der Waals surface area contributed by atoms with Gasteiger partial charge in [-0.1, -0.05) is 23.9 Å². The van der Waals surface area contributed by atoms with E-state index in [2.05, 4.69) is 15.2 Å². The molecule has 0 bridgehead atoms. The Labute approximate surface area is 158 Å². The fourth-order valence-electron chi connectivity index (χ4n) is 2.55. The van der Waals surface area contributed by atoms with Crippen molar-refractivity contribution in [1.82, 2.24) is 19.7 Å². The first-order chi connectivity index (χ1) is 13.1. The highest BCUT2D eigenvalue weighted by atomic mass is 32.2. The zero-order chi connectivity index (χ0) is 18.8. The Balaban J connectivity index is 1.49. The molecule has 4 aromatic rings. The first kappa shape index (κ1) is 17.4. The van der Waals surface area contributed by atoms with Gasteiger partial charge in [-0.2, -0.15) is 0 Å². The van der Waals surface area contributed by atoms with Crippen LogP contribution in [0, 0.1) is 11.6 Å². The van der Waals surface area contributed by atoms with Crippen molar-refractivity contribution >= 4 is 11.8 Å². The summed E-state index contributed by atoms with van der Waals surface area (Å²) in [7, 11) is 1.79. The van der Waals surface area contributed by atoms with E-state index < -0.39 is 0 Å². The molecule has 0 saturated heterocycles. The Kier molecular flexibility index (Phi) is 4.72. The maximum atomic E-state index is 14.0. The smallest absolute Gasteiger partial charge is 0.226 e. The van der Waals surface area contributed by atoms with Crippen LogP contribution < -0.4 is 0 Å². The predicted molar refractivity (Wildman–Crippen MR) is 97.9 cm³/mol. The summed E-state index contributed by atoms with van der Waals surface area (Å²) in [5, 5.41) is 8.86. The SMILES string of the molecule is Cn1c(SCc2coc(-c3ccc(F)cc3)n2)nnc1-c1ccccc1F. The number of halogens is 2. The Hall–Kier alpha value is -3.00. The fraction of sp³-hybridized carbons (Fsp3) is 0.105. The second kappa shape index (κ2) is 7.32. The first-order valence-corrected chi connectivity index (χ1v) is 9.08. The number of nitrogens with zero attached hydrogens (tertiary/aromatic N) is 4. The van der Waals surface area contributed by atoms with Crippen LogP contribution in [0.25, 0.3) is 22.8 Å². The van der Waals surface area contributed by atoms with Crippen LogP contribution in [-0.4, -0.2) is 19.7 Å². The fourth-order valence-corrected chi connectivity index (χ4v) is 3.34. The van der Waals surface area contributed by atoms with E-state index in [4.69, 9.17) is 4.42 Å². The molecule has 0 unspecified atom stereocenters. The molecule has 2 aromatic heterocycles. The minimum atomic E-state index is -0.343. The van der Waals surface area contributed by atoms with Gasteiger partial charge in [0.05, 0.1) is 11.3 Å². The van der Waals surface area contributed by atoms with Crippen molar-refractivity contribution in [2.24, 2.45) is 7.05 Å². The van der Waals surface area contributed by atoms with E-state index >= 15 is 0 Å². The van der Waals surface area contributed by atoms with Gasteiger partial charge in [-0.15, -0.1) is 10.2 Å². The molecule has 0 radical (unpaired) electrons. The van der Waals surface area contributed by atoms with Crippen molar-refractivity contribution < 1.29 is 13.2 Å². The standard InChI is InChI=1S/C19H14F2N4OS/c1-25-17(15-4-2-3-5-16(15)21)23-24-19(25)27-11-14-10-26-18(22-14)12-6-8-13(20)9-7-12/h2-10H,11H2,1H3. The van der Waals surface area contributed by atoms with E-state index in [0.29, 0.717) is 33.8 Å². The predicted octanol–water partition coefficient (Wildman–Crippen LogP) is 4.71. The second-order valence-electron chi connectivity index (χ2n) is 5.78. The molecular weight excluding hydrogens is 370 g/mol. The third kappa shape index (κ3) is 3.61. The van der Waals surface area contributed by atoms with E-state index in [1.807, 2.05) is 0 Å². The molecule has 0 spiro atoms. The quantitative estimate of drug-likeness (QED) is 0.467. The van der Waals surface area contributed by atoms with Gasteiger partial charge in [0.15, 0.2) is 11.0 Å². The molecule has 27 heavy (non-hydrogen) atoms. The molecule has 2 heterocycles. The molecule has 0 saturated carbocycles. The van der Waals surface area contributed by atoms with E-state index in [-0.39, 0.29) is 11.6 Å². The van der Waals surface area contributed by atoms with Crippen LogP contribution >= 0.6 is 11.8 Å². The molecule has 0 atom stereocenters. The van der Waals surface area contributed by atoms with Gasteiger partial charge in [0.25, 0.3) is 0 Å². The van der Waals surface area contributed by atoms with Gasteiger partial charge in [-0.3, -0.25) is 0 Å². The Morgan fingerprint density at radius 1 is 1.04 bits per heavy atom. The summed E-state index contributed by atoms with van der Waals surface area (Å²) >= 11 is 1.42. The molecule has 0 aliphatic heterocycles. The lowest BCUT2D eigenvalue weighted by Gasteiger charge is -2.04. The number of hydrogen-bond donors (Lipinski definition) is 0. The van der Waals surface area contributed by atoms with Crippen molar-refractivity contribution in [1.29, 1.82) is 0 Å². The maximum absolute atomic E-state index is 14.0. The van der Waals surface area contributed by atoms with E-state index in [9.17, 15) is 8.78 Å². The lowest BCUT2D eigenvalue weighted by molar-refractivity contribution is 0.572. The lowest BCUT2D eigenvalue weighted by Crippen LogP contribution is -1.96. The Morgan fingerprint density at radius 2 is 1.81 bits per heavy atom. The van der Waals surface area contributed by atoms with Crippen molar-refractivity contribution in [3.8, 4) is 22.8 Å². The van der Waals surface area contributed by atoms with Crippen molar-refractivity contribution in [3.05, 3.63) is 72.1 Å². The number of rotatable bonds is 5. The van der Waals surface area contributed by atoms with E-state index in [1.54, 1.807) is 48.2 Å². The maximum Gasteiger partial charge on any atom is 0.226 e. The van der Waals surface area contributed by atoms with Crippen LogP contribution in [0.4, 0.5) is 8.78 Å². The summed E-state index contributed by atoms with van der Waals surface area (Å²) in [5.74, 6) is 0.742. The number of aromatic nitrogens is 4. The van der Waals surface area contributed by atoms with Crippen LogP contribution in [0.1, 0.15) is 5.69 Å². The summed E-state index contributed by atoms with van der Waals surface area (Å²) in [4.78, 5) is 4.41. The first-order valence-electron chi connectivity index (χ1n) is 8.09. The Bertz CT molecular complexity index is 1080. The summed E-state index contributed by atoms with van der Waals surface area (Å²) in [6.07, 6.45) is 1.56. The van der Waals surface area contributed by atoms with Crippen LogP contribution in [0.5, 0.6) is 0 Å². The van der Waals surface area contributed by atoms with E-state index in [1.165, 1.54) is 30.0 Å². The van der Waals surface area contributed by atoms with Crippen molar-refractivity contribution in [2.75, 3.05) is 0 Å². The average molecular weight is 384 g/mol. The minimum absolute atomic E-state index is 0.311. The molecule has 0 amide bonds. The van der Waals surface area contributed by atoms with Gasteiger partial charge in [-0.05, 0) is 36.4 Å². The highest BCUT2D eigenvalue weighted by Gasteiger charge is 2.15. The van der Waals surface area contributed by atoms with Gasteiger partial charge in [-0.25, -0.2) is 13.8 Å². The molecule has 5 nitrogen and oxygen atoms in total. The molecule has 0 aliphatic carbocycles. The van der Waals surface area contributed by atoms with Crippen LogP contribution in [0.3, 0.4) is 0 Å². The number of thioether (sulfide) groups is 1. The van der Waals surface area contributed by atoms with Gasteiger partial charge in [0.1, 0.15) is 17.9 Å². The second-order valence-corrected chi connectivity index (χ2v) is 6.73. The van der Waals surface area contributed by atoms with Gasteiger partial charge < -0.3 is 8.98 Å². The van der Waals surface area contributed by atoms with Crippen LogP contribution in [0.2, 0.25) is 0 Å². The molecule has 136 valence electrons. The summed E-state index contributed by atoms with van der Waals surface area (Å²) in [6, 6.07) is 12.4. The number of hydrogen-bond acceptors (Lipinski definition) is 5. The van der Waals surface area contributed by atoms with Gasteiger partial charge in [0.2, 0.25) is 5.89 Å². The molecule has 0 aliphatic rings. The van der Waals surface area contributed by atoms with Crippen LogP contribution in [0.15, 0.2) is 64.4 Å². The summed E-state index contributed by atoms with van der Waals surface area (Å²) < 4.78 is 34.2. The molecule has 0 fully saturated rings. The van der Waals surface area contributed by atoms with Crippen molar-refractivity contribution in [2.45, 2.75) is 10.9 Å². The highest BCUT2D eigenvalue weighted by molar-refractivity contribution is 7.98. The average Bonchev–Trinajstić information content (AvgIpc) is 3.28. The molecule has 4 rings (SSSR count). The number of oxazole rings is 1. The van der Waals surface area contributed by atoms with Gasteiger partial charge in [0, 0.05) is 18.4 Å². The minimum Gasteiger partial charge on any atom is -0.444 e. The van der Waals surface area contributed by atoms with Crippen LogP contribution in [-0.2, 0) is 12.8 Å². The zero-order valence-electron chi connectivity index (χ0n) is 14.3. The topological polar surface area (TPSA) is 56.7 Å². The molecule has 2 aromatic carbocycles. The summed E-state index contributed by atoms with van der Waals surface area (Å²) in [6.45, 7) is 0.